The van der Waals surface area contributed by atoms with Crippen LogP contribution in [0.1, 0.15) is 65.4 Å². The van der Waals surface area contributed by atoms with Crippen molar-refractivity contribution in [1.82, 2.24) is 0 Å². The van der Waals surface area contributed by atoms with E-state index < -0.39 is 0 Å². The van der Waals surface area contributed by atoms with Crippen molar-refractivity contribution in [3.8, 4) is 0 Å². The number of unbranched alkanes of at least 4 members (excludes halogenated alkanes) is 2. The second-order valence-corrected chi connectivity index (χ2v) is 6.17. The van der Waals surface area contributed by atoms with Crippen molar-refractivity contribution in [3.05, 3.63) is 29.3 Å². The average molecular weight is 305 g/mol. The summed E-state index contributed by atoms with van der Waals surface area (Å²) < 4.78 is 0. The number of aryl methyl sites for hydroxylation is 1. The summed E-state index contributed by atoms with van der Waals surface area (Å²) in [6, 6.07) is 6.07. The second kappa shape index (κ2) is 9.39. The van der Waals surface area contributed by atoms with Crippen molar-refractivity contribution in [3.63, 3.8) is 0 Å². The molecule has 1 N–H and O–H groups in total. The van der Waals surface area contributed by atoms with Crippen molar-refractivity contribution in [2.45, 2.75) is 66.2 Å². The number of hydrogen-bond acceptors (Lipinski definition) is 2. The first-order chi connectivity index (χ1) is 10.5. The van der Waals surface area contributed by atoms with Crippen molar-refractivity contribution < 1.29 is 11.0 Å². The van der Waals surface area contributed by atoms with E-state index in [0.29, 0.717) is 18.6 Å². The van der Waals surface area contributed by atoms with Gasteiger partial charge in [-0.05, 0) is 43.4 Å². The SMILES string of the molecule is CCC(=O)Nc1cccc(CCCCCC(=O)C(C)C)c1C.[HH]. The van der Waals surface area contributed by atoms with Gasteiger partial charge in [-0.2, -0.15) is 0 Å². The van der Waals surface area contributed by atoms with Crippen LogP contribution in [-0.4, -0.2) is 11.7 Å². The summed E-state index contributed by atoms with van der Waals surface area (Å²) in [5.41, 5.74) is 3.35. The van der Waals surface area contributed by atoms with Gasteiger partial charge >= 0.3 is 0 Å². The summed E-state index contributed by atoms with van der Waals surface area (Å²) in [6.45, 7) is 7.83. The van der Waals surface area contributed by atoms with E-state index >= 15 is 0 Å². The van der Waals surface area contributed by atoms with Gasteiger partial charge in [0.25, 0.3) is 0 Å². The summed E-state index contributed by atoms with van der Waals surface area (Å²) >= 11 is 0. The van der Waals surface area contributed by atoms with Crippen LogP contribution in [-0.2, 0) is 16.0 Å². The molecular weight excluding hydrogens is 274 g/mol. The van der Waals surface area contributed by atoms with Gasteiger partial charge in [0.2, 0.25) is 5.91 Å². The smallest absolute Gasteiger partial charge is 0.224 e. The van der Waals surface area contributed by atoms with E-state index in [1.165, 1.54) is 5.56 Å². The number of benzene rings is 1. The third-order valence-electron chi connectivity index (χ3n) is 4.05. The fourth-order valence-corrected chi connectivity index (χ4v) is 2.41. The van der Waals surface area contributed by atoms with Crippen LogP contribution in [0.2, 0.25) is 0 Å². The van der Waals surface area contributed by atoms with Gasteiger partial charge in [-0.1, -0.05) is 39.3 Å². The molecule has 124 valence electrons. The number of anilines is 1. The second-order valence-electron chi connectivity index (χ2n) is 6.17. The molecule has 0 atom stereocenters. The van der Waals surface area contributed by atoms with Gasteiger partial charge in [0, 0.05) is 25.9 Å². The molecule has 0 spiro atoms. The number of hydrogen-bond donors (Lipinski definition) is 1. The minimum atomic E-state index is 0. The zero-order chi connectivity index (χ0) is 16.5. The van der Waals surface area contributed by atoms with E-state index in [9.17, 15) is 9.59 Å². The van der Waals surface area contributed by atoms with Crippen LogP contribution in [0.5, 0.6) is 0 Å². The van der Waals surface area contributed by atoms with Crippen LogP contribution in [0.3, 0.4) is 0 Å². The summed E-state index contributed by atoms with van der Waals surface area (Å²) in [7, 11) is 0. The molecule has 0 aromatic heterocycles. The Balaban J connectivity index is 0.00000484. The quantitative estimate of drug-likeness (QED) is 0.658. The molecule has 0 aliphatic carbocycles. The Morgan fingerprint density at radius 3 is 2.55 bits per heavy atom. The molecule has 1 amide bonds. The number of ketones is 1. The molecule has 0 aliphatic rings. The van der Waals surface area contributed by atoms with Gasteiger partial charge in [-0.25, -0.2) is 0 Å². The Bertz CT molecular complexity index is 512. The van der Waals surface area contributed by atoms with Crippen LogP contribution in [0, 0.1) is 12.8 Å². The molecule has 0 aliphatic heterocycles. The van der Waals surface area contributed by atoms with Gasteiger partial charge in [-0.15, -0.1) is 0 Å². The molecule has 0 saturated carbocycles. The number of rotatable bonds is 9. The van der Waals surface area contributed by atoms with Crippen LogP contribution in [0.4, 0.5) is 5.69 Å². The first kappa shape index (κ1) is 18.4. The van der Waals surface area contributed by atoms with Crippen molar-refractivity contribution in [2.24, 2.45) is 5.92 Å². The molecule has 22 heavy (non-hydrogen) atoms. The van der Waals surface area contributed by atoms with Gasteiger partial charge in [-0.3, -0.25) is 9.59 Å². The summed E-state index contributed by atoms with van der Waals surface area (Å²) in [5.74, 6) is 0.564. The van der Waals surface area contributed by atoms with Crippen molar-refractivity contribution in [2.75, 3.05) is 5.32 Å². The first-order valence-electron chi connectivity index (χ1n) is 8.36. The van der Waals surface area contributed by atoms with Gasteiger partial charge in [0.15, 0.2) is 0 Å². The Morgan fingerprint density at radius 1 is 1.18 bits per heavy atom. The Labute approximate surface area is 136 Å². The maximum atomic E-state index is 11.6. The lowest BCUT2D eigenvalue weighted by atomic mass is 9.98. The van der Waals surface area contributed by atoms with E-state index in [1.54, 1.807) is 0 Å². The third-order valence-corrected chi connectivity index (χ3v) is 4.05. The number of amides is 1. The van der Waals surface area contributed by atoms with Crippen LogP contribution in [0.15, 0.2) is 18.2 Å². The lowest BCUT2D eigenvalue weighted by Gasteiger charge is -2.12. The molecule has 3 nitrogen and oxygen atoms in total. The molecule has 0 radical (unpaired) electrons. The largest absolute Gasteiger partial charge is 0.326 e. The van der Waals surface area contributed by atoms with E-state index in [0.717, 1.165) is 36.9 Å². The van der Waals surface area contributed by atoms with Crippen molar-refractivity contribution in [1.29, 1.82) is 0 Å². The number of Topliss-reactive ketones (excluding diaryl/α,β-unsaturated/α-hetero) is 1. The predicted octanol–water partition coefficient (Wildman–Crippen LogP) is 4.92. The highest BCUT2D eigenvalue weighted by molar-refractivity contribution is 5.91. The van der Waals surface area contributed by atoms with E-state index in [4.69, 9.17) is 0 Å². The summed E-state index contributed by atoms with van der Waals surface area (Å²) in [4.78, 5) is 23.1. The third kappa shape index (κ3) is 6.00. The summed E-state index contributed by atoms with van der Waals surface area (Å²) in [6.07, 6.45) is 5.32. The van der Waals surface area contributed by atoms with Crippen LogP contribution in [0.25, 0.3) is 0 Å². The lowest BCUT2D eigenvalue weighted by Crippen LogP contribution is -2.11. The van der Waals surface area contributed by atoms with Crippen LogP contribution >= 0.6 is 0 Å². The standard InChI is InChI=1S/C19H29NO2.H2/c1-5-19(22)20-17-12-9-11-16(15(17)4)10-7-6-8-13-18(21)14(2)3;/h9,11-12,14H,5-8,10,13H2,1-4H3,(H,20,22);1H. The van der Waals surface area contributed by atoms with E-state index in [-0.39, 0.29) is 13.3 Å². The molecule has 1 aromatic rings. The monoisotopic (exact) mass is 305 g/mol. The predicted molar refractivity (Wildman–Crippen MR) is 94.2 cm³/mol. The topological polar surface area (TPSA) is 46.2 Å². The Morgan fingerprint density at radius 2 is 1.91 bits per heavy atom. The fourth-order valence-electron chi connectivity index (χ4n) is 2.41. The minimum absolute atomic E-state index is 0. The van der Waals surface area contributed by atoms with E-state index in [2.05, 4.69) is 18.3 Å². The molecule has 1 aromatic carbocycles. The van der Waals surface area contributed by atoms with Gasteiger partial charge in [0.05, 0.1) is 0 Å². The molecule has 3 heteroatoms. The maximum Gasteiger partial charge on any atom is 0.224 e. The summed E-state index contributed by atoms with van der Waals surface area (Å²) in [5, 5.41) is 2.95. The highest BCUT2D eigenvalue weighted by Gasteiger charge is 2.08. The molecular formula is C19H31NO2. The molecule has 0 saturated heterocycles. The normalized spacial score (nSPS) is 10.8. The van der Waals surface area contributed by atoms with Gasteiger partial charge in [0.1, 0.15) is 5.78 Å². The average Bonchev–Trinajstić information content (AvgIpc) is 2.49. The molecule has 0 heterocycles. The lowest BCUT2D eigenvalue weighted by molar-refractivity contribution is -0.122. The Hall–Kier alpha value is -1.64. The minimum Gasteiger partial charge on any atom is -0.326 e. The first-order valence-corrected chi connectivity index (χ1v) is 8.36. The molecule has 0 fully saturated rings. The highest BCUT2D eigenvalue weighted by atomic mass is 16.1. The zero-order valence-corrected chi connectivity index (χ0v) is 14.4. The number of carbonyl (C=O) groups excluding carboxylic acids is 2. The fraction of sp³-hybridized carbons (Fsp3) is 0.579. The number of nitrogens with one attached hydrogen (secondary N) is 1. The van der Waals surface area contributed by atoms with E-state index in [1.807, 2.05) is 32.9 Å². The van der Waals surface area contributed by atoms with Crippen LogP contribution < -0.4 is 5.32 Å². The highest BCUT2D eigenvalue weighted by Crippen LogP contribution is 2.21. The number of carbonyl (C=O) groups is 2. The molecule has 1 rings (SSSR count). The van der Waals surface area contributed by atoms with Gasteiger partial charge < -0.3 is 5.32 Å². The van der Waals surface area contributed by atoms with Crippen molar-refractivity contribution >= 4 is 17.4 Å². The Kier molecular flexibility index (Phi) is 7.86. The molecule has 0 unspecified atom stereocenters. The molecule has 0 bridgehead atoms. The zero-order valence-electron chi connectivity index (χ0n) is 14.4. The maximum absolute atomic E-state index is 11.6.